The average molecular weight is 527 g/mol. The smallest absolute Gasteiger partial charge is 0.337 e. The number of halogens is 1. The third-order valence-electron chi connectivity index (χ3n) is 7.49. The van der Waals surface area contributed by atoms with E-state index >= 15 is 4.39 Å². The van der Waals surface area contributed by atoms with Gasteiger partial charge in [0.2, 0.25) is 0 Å². The SMILES string of the molecule is CCc1cc(C(=O)N2CCc3ccccc3[C@H]2C)nc2cc(-c3ccc4c(c3F)OCC(C(=O)OC)=C4)nn12. The fourth-order valence-corrected chi connectivity index (χ4v) is 5.38. The van der Waals surface area contributed by atoms with Gasteiger partial charge in [-0.2, -0.15) is 5.10 Å². The first-order chi connectivity index (χ1) is 18.9. The molecular formula is C30H27FN4O4. The predicted molar refractivity (Wildman–Crippen MR) is 143 cm³/mol. The van der Waals surface area contributed by atoms with E-state index in [1.54, 1.807) is 34.9 Å². The lowest BCUT2D eigenvalue weighted by Gasteiger charge is -2.35. The number of ether oxygens (including phenoxy) is 2. The molecule has 4 heterocycles. The van der Waals surface area contributed by atoms with E-state index in [0.717, 1.165) is 17.7 Å². The van der Waals surface area contributed by atoms with Crippen LogP contribution in [0.25, 0.3) is 23.0 Å². The minimum Gasteiger partial charge on any atom is -0.485 e. The highest BCUT2D eigenvalue weighted by Gasteiger charge is 2.30. The first kappa shape index (κ1) is 24.8. The van der Waals surface area contributed by atoms with Crippen LogP contribution in [0.1, 0.15) is 52.8 Å². The maximum Gasteiger partial charge on any atom is 0.337 e. The Morgan fingerprint density at radius 2 is 2.00 bits per heavy atom. The summed E-state index contributed by atoms with van der Waals surface area (Å²) in [7, 11) is 1.29. The molecule has 0 unspecified atom stereocenters. The number of carbonyl (C=O) groups excluding carboxylic acids is 2. The van der Waals surface area contributed by atoms with E-state index in [-0.39, 0.29) is 29.9 Å². The largest absolute Gasteiger partial charge is 0.485 e. The number of carbonyl (C=O) groups is 2. The average Bonchev–Trinajstić information content (AvgIpc) is 3.40. The Hall–Kier alpha value is -4.53. The number of aryl methyl sites for hydroxylation is 1. The number of nitrogens with zero attached hydrogens (tertiary/aromatic N) is 4. The zero-order valence-corrected chi connectivity index (χ0v) is 21.9. The molecule has 6 rings (SSSR count). The number of esters is 1. The summed E-state index contributed by atoms with van der Waals surface area (Å²) in [6.07, 6.45) is 2.97. The topological polar surface area (TPSA) is 86.0 Å². The predicted octanol–water partition coefficient (Wildman–Crippen LogP) is 4.81. The van der Waals surface area contributed by atoms with Crippen molar-refractivity contribution in [2.45, 2.75) is 32.7 Å². The van der Waals surface area contributed by atoms with Crippen molar-refractivity contribution in [3.63, 3.8) is 0 Å². The van der Waals surface area contributed by atoms with E-state index in [1.807, 2.05) is 30.9 Å². The highest BCUT2D eigenvalue weighted by molar-refractivity contribution is 5.95. The van der Waals surface area contributed by atoms with Crippen LogP contribution in [0, 0.1) is 5.82 Å². The second kappa shape index (κ2) is 9.65. The summed E-state index contributed by atoms with van der Waals surface area (Å²) < 4.78 is 27.5. The van der Waals surface area contributed by atoms with E-state index in [9.17, 15) is 9.59 Å². The van der Waals surface area contributed by atoms with Gasteiger partial charge in [-0.3, -0.25) is 4.79 Å². The maximum atomic E-state index is 15.6. The lowest BCUT2D eigenvalue weighted by atomic mass is 9.93. The fourth-order valence-electron chi connectivity index (χ4n) is 5.38. The van der Waals surface area contributed by atoms with Gasteiger partial charge in [-0.05, 0) is 49.1 Å². The number of aromatic nitrogens is 3. The number of amides is 1. The molecule has 0 saturated heterocycles. The lowest BCUT2D eigenvalue weighted by molar-refractivity contribution is -0.136. The summed E-state index contributed by atoms with van der Waals surface area (Å²) in [5.41, 5.74) is 5.38. The van der Waals surface area contributed by atoms with Gasteiger partial charge in [0.05, 0.1) is 24.4 Å². The van der Waals surface area contributed by atoms with Crippen molar-refractivity contribution >= 4 is 23.6 Å². The monoisotopic (exact) mass is 526 g/mol. The van der Waals surface area contributed by atoms with Gasteiger partial charge in [0.15, 0.2) is 17.2 Å². The molecule has 0 aliphatic carbocycles. The van der Waals surface area contributed by atoms with Gasteiger partial charge in [-0.15, -0.1) is 0 Å². The van der Waals surface area contributed by atoms with E-state index < -0.39 is 11.8 Å². The molecule has 0 bridgehead atoms. The molecule has 2 aliphatic rings. The Labute approximate surface area is 224 Å². The van der Waals surface area contributed by atoms with Crippen LogP contribution >= 0.6 is 0 Å². The number of hydrogen-bond acceptors (Lipinski definition) is 6. The van der Waals surface area contributed by atoms with Crippen LogP contribution in [0.3, 0.4) is 0 Å². The summed E-state index contributed by atoms with van der Waals surface area (Å²) in [6, 6.07) is 14.9. The van der Waals surface area contributed by atoms with Crippen LogP contribution in [0.15, 0.2) is 54.1 Å². The molecule has 0 spiro atoms. The van der Waals surface area contributed by atoms with Gasteiger partial charge < -0.3 is 14.4 Å². The highest BCUT2D eigenvalue weighted by Crippen LogP contribution is 2.36. The molecule has 9 heteroatoms. The van der Waals surface area contributed by atoms with Gasteiger partial charge in [0.25, 0.3) is 5.91 Å². The van der Waals surface area contributed by atoms with E-state index in [0.29, 0.717) is 41.1 Å². The first-order valence-corrected chi connectivity index (χ1v) is 12.9. The Morgan fingerprint density at radius 3 is 2.79 bits per heavy atom. The van der Waals surface area contributed by atoms with Crippen molar-refractivity contribution in [3.05, 3.63) is 88.0 Å². The van der Waals surface area contributed by atoms with Gasteiger partial charge in [-0.25, -0.2) is 18.7 Å². The zero-order valence-electron chi connectivity index (χ0n) is 21.9. The Kier molecular flexibility index (Phi) is 6.13. The fraction of sp³-hybridized carbons (Fsp3) is 0.267. The van der Waals surface area contributed by atoms with E-state index in [2.05, 4.69) is 22.2 Å². The molecule has 2 aliphatic heterocycles. The number of hydrogen-bond donors (Lipinski definition) is 0. The van der Waals surface area contributed by atoms with Gasteiger partial charge in [0, 0.05) is 29.4 Å². The van der Waals surface area contributed by atoms with Crippen molar-refractivity contribution in [1.29, 1.82) is 0 Å². The molecular weight excluding hydrogens is 499 g/mol. The van der Waals surface area contributed by atoms with Gasteiger partial charge in [0.1, 0.15) is 12.3 Å². The summed E-state index contributed by atoms with van der Waals surface area (Å²) in [4.78, 5) is 32.0. The molecule has 198 valence electrons. The Balaban J connectivity index is 1.36. The lowest BCUT2D eigenvalue weighted by Crippen LogP contribution is -2.39. The molecule has 0 radical (unpaired) electrons. The van der Waals surface area contributed by atoms with Crippen LogP contribution < -0.4 is 4.74 Å². The number of methoxy groups -OCH3 is 1. The molecule has 39 heavy (non-hydrogen) atoms. The van der Waals surface area contributed by atoms with Crippen molar-refractivity contribution in [2.24, 2.45) is 0 Å². The second-order valence-corrected chi connectivity index (χ2v) is 9.70. The molecule has 4 aromatic rings. The first-order valence-electron chi connectivity index (χ1n) is 12.9. The molecule has 1 amide bonds. The molecule has 2 aromatic carbocycles. The highest BCUT2D eigenvalue weighted by atomic mass is 19.1. The van der Waals surface area contributed by atoms with Crippen LogP contribution in [0.5, 0.6) is 5.75 Å². The van der Waals surface area contributed by atoms with Crippen LogP contribution in [0.4, 0.5) is 4.39 Å². The van der Waals surface area contributed by atoms with Crippen molar-refractivity contribution in [3.8, 4) is 17.0 Å². The van der Waals surface area contributed by atoms with Gasteiger partial charge in [-0.1, -0.05) is 37.3 Å². The zero-order chi connectivity index (χ0) is 27.3. The van der Waals surface area contributed by atoms with E-state index in [4.69, 9.17) is 9.47 Å². The molecule has 8 nitrogen and oxygen atoms in total. The normalized spacial score (nSPS) is 16.3. The minimum atomic E-state index is -0.578. The Bertz CT molecular complexity index is 1680. The number of rotatable bonds is 4. The summed E-state index contributed by atoms with van der Waals surface area (Å²) in [5.74, 6) is -1.18. The second-order valence-electron chi connectivity index (χ2n) is 9.70. The Morgan fingerprint density at radius 1 is 1.18 bits per heavy atom. The molecule has 0 fully saturated rings. The molecule has 0 N–H and O–H groups in total. The standard InChI is InChI=1S/C30H27FN4O4/c1-4-21-14-25(29(36)34-12-11-18-7-5-6-8-22(18)17(34)2)32-26-15-24(33-35(21)26)23-10-9-19-13-20(30(37)38-3)16-39-28(19)27(23)31/h5-10,13-15,17H,4,11-12,16H2,1-3H3/t17-/m1/s1. The van der Waals surface area contributed by atoms with Gasteiger partial charge >= 0.3 is 5.97 Å². The quantitative estimate of drug-likeness (QED) is 0.355. The van der Waals surface area contributed by atoms with E-state index in [1.165, 1.54) is 12.7 Å². The molecule has 0 saturated carbocycles. The van der Waals surface area contributed by atoms with Crippen LogP contribution in [-0.2, 0) is 22.4 Å². The summed E-state index contributed by atoms with van der Waals surface area (Å²) in [5, 5.41) is 4.62. The van der Waals surface area contributed by atoms with Crippen molar-refractivity contribution < 1.29 is 23.5 Å². The van der Waals surface area contributed by atoms with Crippen LogP contribution in [0.2, 0.25) is 0 Å². The van der Waals surface area contributed by atoms with Crippen molar-refractivity contribution in [2.75, 3.05) is 20.3 Å². The minimum absolute atomic E-state index is 0.0520. The number of fused-ring (bicyclic) bond motifs is 3. The third kappa shape index (κ3) is 4.14. The number of benzene rings is 2. The summed E-state index contributed by atoms with van der Waals surface area (Å²) >= 11 is 0. The van der Waals surface area contributed by atoms with Crippen molar-refractivity contribution in [1.82, 2.24) is 19.5 Å². The molecule has 2 aromatic heterocycles. The van der Waals surface area contributed by atoms with Crippen LogP contribution in [-0.4, -0.2) is 51.6 Å². The maximum absolute atomic E-state index is 15.6. The third-order valence-corrected chi connectivity index (χ3v) is 7.49. The molecule has 1 atom stereocenters. The summed E-state index contributed by atoms with van der Waals surface area (Å²) in [6.45, 7) is 4.54.